The first kappa shape index (κ1) is 9.14. The van der Waals surface area contributed by atoms with Crippen molar-refractivity contribution in [2.45, 2.75) is 0 Å². The lowest BCUT2D eigenvalue weighted by Crippen LogP contribution is -1.64. The molecule has 3 heterocycles. The van der Waals surface area contributed by atoms with Gasteiger partial charge in [-0.3, -0.25) is 9.97 Å². The molecule has 0 saturated carbocycles. The Bertz CT molecular complexity index is 490. The Morgan fingerprint density at radius 2 is 1.53 bits per heavy atom. The molecule has 0 aliphatic carbocycles. The summed E-state index contributed by atoms with van der Waals surface area (Å²) in [5, 5.41) is 1.03. The smallest absolute Gasteiger partial charge is 0.135 e. The lowest BCUT2D eigenvalue weighted by molar-refractivity contribution is 1.39. The SMILES string of the molecule is c1ncc(-c2cnc(-c3cncs3)s2)s1. The average Bonchev–Trinajstić information content (AvgIpc) is 3.02. The molecule has 0 aliphatic rings. The first-order chi connectivity index (χ1) is 7.43. The molecule has 0 aromatic carbocycles. The van der Waals surface area contributed by atoms with E-state index in [1.165, 1.54) is 9.75 Å². The zero-order valence-electron chi connectivity index (χ0n) is 7.45. The maximum absolute atomic E-state index is 4.38. The van der Waals surface area contributed by atoms with Gasteiger partial charge in [0.05, 0.1) is 25.7 Å². The Balaban J connectivity index is 2.02. The van der Waals surface area contributed by atoms with E-state index < -0.39 is 0 Å². The van der Waals surface area contributed by atoms with Crippen molar-refractivity contribution in [1.29, 1.82) is 0 Å². The van der Waals surface area contributed by atoms with Crippen LogP contribution >= 0.6 is 34.0 Å². The van der Waals surface area contributed by atoms with E-state index in [-0.39, 0.29) is 0 Å². The summed E-state index contributed by atoms with van der Waals surface area (Å²) in [5.41, 5.74) is 3.66. The van der Waals surface area contributed by atoms with Crippen molar-refractivity contribution in [3.63, 3.8) is 0 Å². The molecule has 0 amide bonds. The third kappa shape index (κ3) is 1.71. The first-order valence-corrected chi connectivity index (χ1v) is 6.74. The largest absolute Gasteiger partial charge is 0.252 e. The highest BCUT2D eigenvalue weighted by molar-refractivity contribution is 7.25. The molecule has 0 saturated heterocycles. The average molecular weight is 251 g/mol. The third-order valence-electron chi connectivity index (χ3n) is 1.82. The van der Waals surface area contributed by atoms with Crippen LogP contribution in [0.2, 0.25) is 0 Å². The summed E-state index contributed by atoms with van der Waals surface area (Å²) in [6.45, 7) is 0. The molecule has 3 aromatic heterocycles. The fraction of sp³-hybridized carbons (Fsp3) is 0. The predicted molar refractivity (Wildman–Crippen MR) is 64.3 cm³/mol. The van der Waals surface area contributed by atoms with Crippen molar-refractivity contribution < 1.29 is 0 Å². The highest BCUT2D eigenvalue weighted by atomic mass is 32.1. The van der Waals surface area contributed by atoms with Crippen LogP contribution in [-0.4, -0.2) is 15.0 Å². The highest BCUT2D eigenvalue weighted by Crippen LogP contribution is 2.34. The van der Waals surface area contributed by atoms with E-state index in [0.29, 0.717) is 0 Å². The summed E-state index contributed by atoms with van der Waals surface area (Å²) < 4.78 is 0. The van der Waals surface area contributed by atoms with Gasteiger partial charge in [0.2, 0.25) is 0 Å². The number of hydrogen-bond donors (Lipinski definition) is 0. The summed E-state index contributed by atoms with van der Waals surface area (Å²) in [5.74, 6) is 0. The van der Waals surface area contributed by atoms with Crippen molar-refractivity contribution in [2.75, 3.05) is 0 Å². The van der Waals surface area contributed by atoms with Gasteiger partial charge in [0.25, 0.3) is 0 Å². The van der Waals surface area contributed by atoms with Crippen LogP contribution in [0.3, 0.4) is 0 Å². The number of hydrogen-bond acceptors (Lipinski definition) is 6. The molecule has 3 nitrogen and oxygen atoms in total. The van der Waals surface area contributed by atoms with Crippen LogP contribution in [0, 0.1) is 0 Å². The fourth-order valence-corrected chi connectivity index (χ4v) is 3.46. The summed E-state index contributed by atoms with van der Waals surface area (Å²) in [6.07, 6.45) is 5.61. The molecule has 0 aliphatic heterocycles. The Kier molecular flexibility index (Phi) is 2.32. The molecule has 0 atom stereocenters. The molecule has 0 unspecified atom stereocenters. The second-order valence-corrected chi connectivity index (χ2v) is 5.56. The van der Waals surface area contributed by atoms with Crippen molar-refractivity contribution in [3.8, 4) is 19.6 Å². The summed E-state index contributed by atoms with van der Waals surface area (Å²) in [6, 6.07) is 0. The van der Waals surface area contributed by atoms with Crippen molar-refractivity contribution in [1.82, 2.24) is 15.0 Å². The predicted octanol–water partition coefficient (Wildman–Crippen LogP) is 3.39. The molecule has 0 N–H and O–H groups in total. The first-order valence-electron chi connectivity index (χ1n) is 4.17. The standard InChI is InChI=1S/C9H5N3S3/c1-6(13-4-10-1)7-3-12-9(15-7)8-2-11-5-14-8/h1-5H. The molecule has 15 heavy (non-hydrogen) atoms. The van der Waals surface area contributed by atoms with E-state index in [4.69, 9.17) is 0 Å². The topological polar surface area (TPSA) is 38.7 Å². The molecule has 0 bridgehead atoms. The third-order valence-corrected chi connectivity index (χ3v) is 4.73. The minimum Gasteiger partial charge on any atom is -0.252 e. The van der Waals surface area contributed by atoms with Crippen LogP contribution in [0.25, 0.3) is 19.6 Å². The Morgan fingerprint density at radius 3 is 2.20 bits per heavy atom. The van der Waals surface area contributed by atoms with Gasteiger partial charge in [-0.15, -0.1) is 34.0 Å². The maximum Gasteiger partial charge on any atom is 0.135 e. The summed E-state index contributed by atoms with van der Waals surface area (Å²) in [4.78, 5) is 15.9. The minimum atomic E-state index is 1.03. The Labute approximate surface area is 98.1 Å². The number of thiazole rings is 3. The molecule has 3 rings (SSSR count). The van der Waals surface area contributed by atoms with Gasteiger partial charge in [-0.1, -0.05) is 0 Å². The zero-order chi connectivity index (χ0) is 10.1. The van der Waals surface area contributed by atoms with Crippen LogP contribution in [-0.2, 0) is 0 Å². The molecule has 3 aromatic rings. The van der Waals surface area contributed by atoms with Gasteiger partial charge in [-0.2, -0.15) is 0 Å². The normalized spacial score (nSPS) is 10.7. The number of rotatable bonds is 2. The Morgan fingerprint density at radius 1 is 0.800 bits per heavy atom. The van der Waals surface area contributed by atoms with Crippen LogP contribution in [0.15, 0.2) is 29.6 Å². The van der Waals surface area contributed by atoms with Crippen LogP contribution in [0.1, 0.15) is 0 Å². The van der Waals surface area contributed by atoms with E-state index in [2.05, 4.69) is 15.0 Å². The van der Waals surface area contributed by atoms with E-state index in [0.717, 1.165) is 9.88 Å². The van der Waals surface area contributed by atoms with Crippen LogP contribution < -0.4 is 0 Å². The monoisotopic (exact) mass is 251 g/mol. The van der Waals surface area contributed by atoms with Crippen LogP contribution in [0.5, 0.6) is 0 Å². The van der Waals surface area contributed by atoms with Gasteiger partial charge in [-0.05, 0) is 0 Å². The molecule has 74 valence electrons. The lowest BCUT2D eigenvalue weighted by Gasteiger charge is -1.85. The quantitative estimate of drug-likeness (QED) is 0.700. The van der Waals surface area contributed by atoms with Gasteiger partial charge in [0.1, 0.15) is 5.01 Å². The number of aromatic nitrogens is 3. The second-order valence-electron chi connectivity index (χ2n) is 2.76. The van der Waals surface area contributed by atoms with E-state index in [9.17, 15) is 0 Å². The van der Waals surface area contributed by atoms with E-state index in [1.807, 2.05) is 29.6 Å². The van der Waals surface area contributed by atoms with Gasteiger partial charge in [0, 0.05) is 18.6 Å². The molecular formula is C9H5N3S3. The maximum atomic E-state index is 4.38. The molecule has 6 heteroatoms. The van der Waals surface area contributed by atoms with Crippen LogP contribution in [0.4, 0.5) is 0 Å². The summed E-state index contributed by atoms with van der Waals surface area (Å²) >= 11 is 4.92. The van der Waals surface area contributed by atoms with Crippen molar-refractivity contribution >= 4 is 34.0 Å². The summed E-state index contributed by atoms with van der Waals surface area (Å²) in [7, 11) is 0. The number of nitrogens with zero attached hydrogens (tertiary/aromatic N) is 3. The van der Waals surface area contributed by atoms with Crippen molar-refractivity contribution in [2.24, 2.45) is 0 Å². The minimum absolute atomic E-state index is 1.03. The van der Waals surface area contributed by atoms with Crippen molar-refractivity contribution in [3.05, 3.63) is 29.6 Å². The molecule has 0 radical (unpaired) electrons. The fourth-order valence-electron chi connectivity index (χ4n) is 1.16. The van der Waals surface area contributed by atoms with E-state index in [1.54, 1.807) is 34.0 Å². The zero-order valence-corrected chi connectivity index (χ0v) is 9.90. The second kappa shape index (κ2) is 3.80. The van der Waals surface area contributed by atoms with Gasteiger partial charge >= 0.3 is 0 Å². The highest BCUT2D eigenvalue weighted by Gasteiger charge is 2.08. The van der Waals surface area contributed by atoms with Gasteiger partial charge < -0.3 is 0 Å². The molecular weight excluding hydrogens is 246 g/mol. The van der Waals surface area contributed by atoms with E-state index >= 15 is 0 Å². The van der Waals surface area contributed by atoms with Gasteiger partial charge in [0.15, 0.2) is 0 Å². The molecule has 0 spiro atoms. The molecule has 0 fully saturated rings. The van der Waals surface area contributed by atoms with Gasteiger partial charge in [-0.25, -0.2) is 4.98 Å². The Hall–Kier alpha value is -1.11. The lowest BCUT2D eigenvalue weighted by atomic mass is 10.5.